The molecule has 62 valence electrons. The molecule has 1 heteroatoms. The molecule has 0 N–H and O–H groups in total. The number of rotatable bonds is 6. The highest BCUT2D eigenvalue weighted by Crippen LogP contribution is 1.99. The fraction of sp³-hybridized carbons (Fsp3) is 1.00. The van der Waals surface area contributed by atoms with Crippen LogP contribution < -0.4 is 0 Å². The molecule has 1 nitrogen and oxygen atoms in total. The lowest BCUT2D eigenvalue weighted by molar-refractivity contribution is 0.121. The van der Waals surface area contributed by atoms with Crippen molar-refractivity contribution in [3.05, 3.63) is 0 Å². The molecule has 0 bridgehead atoms. The van der Waals surface area contributed by atoms with E-state index in [1.807, 2.05) is 0 Å². The van der Waals surface area contributed by atoms with E-state index in [1.165, 1.54) is 19.3 Å². The Bertz CT molecular complexity index is 59.7. The summed E-state index contributed by atoms with van der Waals surface area (Å²) >= 11 is 0. The largest absolute Gasteiger partial charge is 0.381 e. The second kappa shape index (κ2) is 7.07. The first-order valence-electron chi connectivity index (χ1n) is 4.35. The van der Waals surface area contributed by atoms with Gasteiger partial charge < -0.3 is 4.74 Å². The second-order valence-corrected chi connectivity index (χ2v) is 3.15. The van der Waals surface area contributed by atoms with Crippen LogP contribution in [-0.4, -0.2) is 13.2 Å². The maximum absolute atomic E-state index is 5.38. The molecule has 0 radical (unpaired) electrons. The summed E-state index contributed by atoms with van der Waals surface area (Å²) in [6, 6.07) is 0. The lowest BCUT2D eigenvalue weighted by Gasteiger charge is -2.04. The summed E-state index contributed by atoms with van der Waals surface area (Å²) in [7, 11) is 0. The van der Waals surface area contributed by atoms with Gasteiger partial charge in [-0.05, 0) is 18.8 Å². The van der Waals surface area contributed by atoms with Crippen LogP contribution in [-0.2, 0) is 4.74 Å². The number of unbranched alkanes of at least 4 members (excludes halogenated alkanes) is 1. The Labute approximate surface area is 64.8 Å². The minimum absolute atomic E-state index is 0.779. The SMILES string of the molecule is CCCCOCCC(C)C. The number of ether oxygens (including phenoxy) is 1. The summed E-state index contributed by atoms with van der Waals surface area (Å²) in [5.41, 5.74) is 0. The molecule has 0 saturated carbocycles. The van der Waals surface area contributed by atoms with Crippen LogP contribution >= 0.6 is 0 Å². The molecule has 0 amide bonds. The summed E-state index contributed by atoms with van der Waals surface area (Å²) in [4.78, 5) is 0. The molecule has 10 heavy (non-hydrogen) atoms. The third kappa shape index (κ3) is 7.96. The van der Waals surface area contributed by atoms with Crippen LogP contribution in [0.4, 0.5) is 0 Å². The van der Waals surface area contributed by atoms with Crippen molar-refractivity contribution in [3.8, 4) is 0 Å². The Morgan fingerprint density at radius 3 is 2.40 bits per heavy atom. The highest BCUT2D eigenvalue weighted by atomic mass is 16.5. The van der Waals surface area contributed by atoms with Crippen LogP contribution in [0.1, 0.15) is 40.0 Å². The summed E-state index contributed by atoms with van der Waals surface area (Å²) in [6.45, 7) is 8.53. The topological polar surface area (TPSA) is 9.23 Å². The van der Waals surface area contributed by atoms with Crippen molar-refractivity contribution in [1.29, 1.82) is 0 Å². The molecular weight excluding hydrogens is 124 g/mol. The third-order valence-corrected chi connectivity index (χ3v) is 1.48. The Balaban J connectivity index is 2.77. The minimum Gasteiger partial charge on any atom is -0.381 e. The van der Waals surface area contributed by atoms with E-state index in [0.29, 0.717) is 0 Å². The van der Waals surface area contributed by atoms with Crippen molar-refractivity contribution in [3.63, 3.8) is 0 Å². The lowest BCUT2D eigenvalue weighted by atomic mass is 10.1. The fourth-order valence-electron chi connectivity index (χ4n) is 0.667. The Morgan fingerprint density at radius 1 is 1.20 bits per heavy atom. The molecule has 0 spiro atoms. The van der Waals surface area contributed by atoms with Gasteiger partial charge in [0.2, 0.25) is 0 Å². The average Bonchev–Trinajstić information content (AvgIpc) is 1.87. The first-order chi connectivity index (χ1) is 4.77. The predicted octanol–water partition coefficient (Wildman–Crippen LogP) is 2.85. The molecule has 0 aliphatic rings. The van der Waals surface area contributed by atoms with Gasteiger partial charge in [-0.1, -0.05) is 27.2 Å². The highest BCUT2D eigenvalue weighted by Gasteiger charge is 1.92. The molecule has 0 rings (SSSR count). The van der Waals surface area contributed by atoms with Crippen molar-refractivity contribution in [2.45, 2.75) is 40.0 Å². The van der Waals surface area contributed by atoms with Crippen molar-refractivity contribution < 1.29 is 4.74 Å². The van der Waals surface area contributed by atoms with Crippen molar-refractivity contribution >= 4 is 0 Å². The molecule has 0 aliphatic heterocycles. The molecule has 0 atom stereocenters. The summed E-state index contributed by atoms with van der Waals surface area (Å²) in [5, 5.41) is 0. The molecule has 0 fully saturated rings. The van der Waals surface area contributed by atoms with E-state index in [2.05, 4.69) is 20.8 Å². The summed E-state index contributed by atoms with van der Waals surface area (Å²) in [6.07, 6.45) is 3.64. The maximum atomic E-state index is 5.38. The first kappa shape index (κ1) is 9.96. The zero-order chi connectivity index (χ0) is 7.82. The quantitative estimate of drug-likeness (QED) is 0.521. The van der Waals surface area contributed by atoms with Crippen molar-refractivity contribution in [2.75, 3.05) is 13.2 Å². The van der Waals surface area contributed by atoms with Gasteiger partial charge in [0.15, 0.2) is 0 Å². The monoisotopic (exact) mass is 144 g/mol. The molecular formula is C9H20O. The zero-order valence-electron chi connectivity index (χ0n) is 7.52. The van der Waals surface area contributed by atoms with Gasteiger partial charge in [-0.15, -0.1) is 0 Å². The average molecular weight is 144 g/mol. The van der Waals surface area contributed by atoms with Gasteiger partial charge in [-0.2, -0.15) is 0 Å². The number of hydrogen-bond donors (Lipinski definition) is 0. The first-order valence-corrected chi connectivity index (χ1v) is 4.35. The normalized spacial score (nSPS) is 10.8. The van der Waals surface area contributed by atoms with E-state index >= 15 is 0 Å². The van der Waals surface area contributed by atoms with Crippen LogP contribution in [0.3, 0.4) is 0 Å². The zero-order valence-corrected chi connectivity index (χ0v) is 7.52. The fourth-order valence-corrected chi connectivity index (χ4v) is 0.667. The van der Waals surface area contributed by atoms with E-state index in [1.54, 1.807) is 0 Å². The summed E-state index contributed by atoms with van der Waals surface area (Å²) in [5.74, 6) is 0.779. The van der Waals surface area contributed by atoms with Crippen molar-refractivity contribution in [1.82, 2.24) is 0 Å². The smallest absolute Gasteiger partial charge is 0.0468 e. The number of hydrogen-bond acceptors (Lipinski definition) is 1. The molecule has 0 aromatic carbocycles. The van der Waals surface area contributed by atoms with Crippen molar-refractivity contribution in [2.24, 2.45) is 5.92 Å². The third-order valence-electron chi connectivity index (χ3n) is 1.48. The van der Waals surface area contributed by atoms with Gasteiger partial charge >= 0.3 is 0 Å². The van der Waals surface area contributed by atoms with Gasteiger partial charge in [0, 0.05) is 13.2 Å². The minimum atomic E-state index is 0.779. The Hall–Kier alpha value is -0.0400. The Morgan fingerprint density at radius 2 is 1.90 bits per heavy atom. The van der Waals surface area contributed by atoms with Crippen LogP contribution in [0.15, 0.2) is 0 Å². The Kier molecular flexibility index (Phi) is 7.04. The van der Waals surface area contributed by atoms with Gasteiger partial charge in [-0.3, -0.25) is 0 Å². The van der Waals surface area contributed by atoms with Crippen LogP contribution in [0.2, 0.25) is 0 Å². The maximum Gasteiger partial charge on any atom is 0.0468 e. The van der Waals surface area contributed by atoms with Gasteiger partial charge in [0.05, 0.1) is 0 Å². The van der Waals surface area contributed by atoms with E-state index in [0.717, 1.165) is 19.1 Å². The van der Waals surface area contributed by atoms with E-state index < -0.39 is 0 Å². The molecule has 0 unspecified atom stereocenters. The van der Waals surface area contributed by atoms with E-state index in [9.17, 15) is 0 Å². The van der Waals surface area contributed by atoms with Gasteiger partial charge in [0.25, 0.3) is 0 Å². The highest BCUT2D eigenvalue weighted by molar-refractivity contribution is 4.42. The van der Waals surface area contributed by atoms with Crippen LogP contribution in [0.5, 0.6) is 0 Å². The van der Waals surface area contributed by atoms with E-state index in [4.69, 9.17) is 4.74 Å². The molecule has 0 aromatic rings. The molecule has 0 aromatic heterocycles. The molecule has 0 heterocycles. The van der Waals surface area contributed by atoms with Crippen LogP contribution in [0, 0.1) is 5.92 Å². The van der Waals surface area contributed by atoms with Gasteiger partial charge in [0.1, 0.15) is 0 Å². The standard InChI is InChI=1S/C9H20O/c1-4-5-7-10-8-6-9(2)3/h9H,4-8H2,1-3H3. The molecule has 0 saturated heterocycles. The predicted molar refractivity (Wildman–Crippen MR) is 45.2 cm³/mol. The van der Waals surface area contributed by atoms with E-state index in [-0.39, 0.29) is 0 Å². The second-order valence-electron chi connectivity index (χ2n) is 3.15. The lowest BCUT2D eigenvalue weighted by Crippen LogP contribution is -1.99. The summed E-state index contributed by atoms with van der Waals surface area (Å²) < 4.78 is 5.38. The van der Waals surface area contributed by atoms with Gasteiger partial charge in [-0.25, -0.2) is 0 Å². The molecule has 0 aliphatic carbocycles. The van der Waals surface area contributed by atoms with Crippen LogP contribution in [0.25, 0.3) is 0 Å².